The fourth-order valence-corrected chi connectivity index (χ4v) is 4.32. The Morgan fingerprint density at radius 2 is 2.03 bits per heavy atom. The van der Waals surface area contributed by atoms with E-state index in [1.165, 1.54) is 12.3 Å². The summed E-state index contributed by atoms with van der Waals surface area (Å²) in [6.07, 6.45) is 6.58. The molecule has 1 unspecified atom stereocenters. The number of carbonyl (C=O) groups excluding carboxylic acids is 4. The molecule has 35 heavy (non-hydrogen) atoms. The second-order valence-electron chi connectivity index (χ2n) is 8.46. The van der Waals surface area contributed by atoms with Crippen LogP contribution >= 0.6 is 0 Å². The van der Waals surface area contributed by atoms with Gasteiger partial charge in [-0.05, 0) is 37.1 Å². The Kier molecular flexibility index (Phi) is 6.19. The van der Waals surface area contributed by atoms with Crippen molar-refractivity contribution in [1.29, 1.82) is 0 Å². The molecule has 2 aliphatic rings. The largest absolute Gasteiger partial charge is 0.467 e. The van der Waals surface area contributed by atoms with E-state index in [1.807, 2.05) is 24.3 Å². The number of barbiturate groups is 1. The molecule has 180 valence electrons. The quantitative estimate of drug-likeness (QED) is 0.398. The first-order valence-electron chi connectivity index (χ1n) is 11.4. The molecule has 2 fully saturated rings. The van der Waals surface area contributed by atoms with Crippen molar-refractivity contribution in [3.8, 4) is 0 Å². The number of hydrogen-bond donors (Lipinski definition) is 2. The number of nitrogens with zero attached hydrogens (tertiary/aromatic N) is 2. The van der Waals surface area contributed by atoms with Crippen molar-refractivity contribution in [2.75, 3.05) is 13.2 Å². The number of rotatable bonds is 7. The van der Waals surface area contributed by atoms with Crippen LogP contribution in [0.4, 0.5) is 4.79 Å². The Bertz CT molecular complexity index is 1320. The summed E-state index contributed by atoms with van der Waals surface area (Å²) in [4.78, 5) is 51.4. The number of benzene rings is 1. The van der Waals surface area contributed by atoms with Crippen molar-refractivity contribution in [3.63, 3.8) is 0 Å². The summed E-state index contributed by atoms with van der Waals surface area (Å²) < 4.78 is 12.6. The van der Waals surface area contributed by atoms with Crippen LogP contribution in [0.5, 0.6) is 0 Å². The summed E-state index contributed by atoms with van der Waals surface area (Å²) in [6.45, 7) is 1.15. The number of amides is 5. The minimum Gasteiger partial charge on any atom is -0.467 e. The van der Waals surface area contributed by atoms with Gasteiger partial charge in [0, 0.05) is 35.8 Å². The van der Waals surface area contributed by atoms with E-state index in [-0.39, 0.29) is 30.7 Å². The van der Waals surface area contributed by atoms with Crippen molar-refractivity contribution in [1.82, 2.24) is 20.1 Å². The van der Waals surface area contributed by atoms with Gasteiger partial charge in [-0.15, -0.1) is 0 Å². The van der Waals surface area contributed by atoms with Crippen LogP contribution in [-0.2, 0) is 32.2 Å². The van der Waals surface area contributed by atoms with Crippen molar-refractivity contribution < 1.29 is 28.3 Å². The van der Waals surface area contributed by atoms with E-state index in [1.54, 1.807) is 22.9 Å². The lowest BCUT2D eigenvalue weighted by molar-refractivity contribution is -0.130. The van der Waals surface area contributed by atoms with Crippen molar-refractivity contribution in [2.24, 2.45) is 0 Å². The van der Waals surface area contributed by atoms with Crippen LogP contribution in [-0.4, -0.2) is 52.5 Å². The number of urea groups is 1. The third-order valence-corrected chi connectivity index (χ3v) is 6.06. The fourth-order valence-electron chi connectivity index (χ4n) is 4.32. The standard InChI is InChI=1S/C25H24N4O6/c30-22(26-12-17-5-3-9-34-17)15-28-13-16(19-7-1-2-8-21(19)28)11-20-23(31)27-25(33)29(24(20)32)14-18-6-4-10-35-18/h1-2,4,6-8,10-11,13,17H,3,5,9,12,14-15H2,(H,26,30)(H,27,31,33)/b20-11+. The second kappa shape index (κ2) is 9.59. The first kappa shape index (κ1) is 22.6. The first-order valence-corrected chi connectivity index (χ1v) is 11.4. The van der Waals surface area contributed by atoms with Crippen LogP contribution in [0, 0.1) is 0 Å². The number of carbonyl (C=O) groups is 4. The molecule has 5 rings (SSSR count). The van der Waals surface area contributed by atoms with Crippen LogP contribution in [0.25, 0.3) is 17.0 Å². The summed E-state index contributed by atoms with van der Waals surface area (Å²) in [5.74, 6) is -1.25. The van der Waals surface area contributed by atoms with Crippen LogP contribution in [0.2, 0.25) is 0 Å². The molecule has 2 aromatic heterocycles. The zero-order chi connectivity index (χ0) is 24.4. The van der Waals surface area contributed by atoms with Crippen LogP contribution < -0.4 is 10.6 Å². The topological polar surface area (TPSA) is 123 Å². The summed E-state index contributed by atoms with van der Waals surface area (Å²) >= 11 is 0. The molecular formula is C25H24N4O6. The summed E-state index contributed by atoms with van der Waals surface area (Å²) in [5, 5.41) is 5.88. The zero-order valence-corrected chi connectivity index (χ0v) is 18.9. The molecule has 4 heterocycles. The van der Waals surface area contributed by atoms with Gasteiger partial charge in [-0.25, -0.2) is 4.79 Å². The van der Waals surface area contributed by atoms with Crippen molar-refractivity contribution in [2.45, 2.75) is 32.0 Å². The molecule has 3 aromatic rings. The Hall–Kier alpha value is -4.18. The summed E-state index contributed by atoms with van der Waals surface area (Å²) in [5.41, 5.74) is 1.18. The third-order valence-electron chi connectivity index (χ3n) is 6.06. The molecule has 1 aromatic carbocycles. The maximum Gasteiger partial charge on any atom is 0.331 e. The molecule has 2 N–H and O–H groups in total. The number of fused-ring (bicyclic) bond motifs is 1. The van der Waals surface area contributed by atoms with Gasteiger partial charge in [0.1, 0.15) is 17.9 Å². The van der Waals surface area contributed by atoms with Gasteiger partial charge in [-0.3, -0.25) is 24.6 Å². The lowest BCUT2D eigenvalue weighted by atomic mass is 10.1. The molecule has 10 heteroatoms. The number of imide groups is 2. The minimum absolute atomic E-state index is 0.0447. The highest BCUT2D eigenvalue weighted by Crippen LogP contribution is 2.25. The predicted octanol–water partition coefficient (Wildman–Crippen LogP) is 2.19. The van der Waals surface area contributed by atoms with E-state index in [0.29, 0.717) is 17.9 Å². The van der Waals surface area contributed by atoms with E-state index >= 15 is 0 Å². The van der Waals surface area contributed by atoms with E-state index in [4.69, 9.17) is 9.15 Å². The molecule has 0 radical (unpaired) electrons. The number of nitrogens with one attached hydrogen (secondary N) is 2. The lowest BCUT2D eigenvalue weighted by Gasteiger charge is -2.25. The number of furan rings is 1. The van der Waals surface area contributed by atoms with E-state index in [2.05, 4.69) is 10.6 Å². The number of ether oxygens (including phenoxy) is 1. The predicted molar refractivity (Wildman–Crippen MR) is 125 cm³/mol. The average molecular weight is 476 g/mol. The molecule has 10 nitrogen and oxygen atoms in total. The molecule has 0 aliphatic carbocycles. The van der Waals surface area contributed by atoms with Gasteiger partial charge >= 0.3 is 6.03 Å². The lowest BCUT2D eigenvalue weighted by Crippen LogP contribution is -2.53. The Balaban J connectivity index is 1.40. The van der Waals surface area contributed by atoms with Gasteiger partial charge in [0.2, 0.25) is 5.91 Å². The molecule has 2 aliphatic heterocycles. The normalized spacial score (nSPS) is 19.5. The summed E-state index contributed by atoms with van der Waals surface area (Å²) in [7, 11) is 0. The molecule has 0 bridgehead atoms. The maximum absolute atomic E-state index is 13.1. The zero-order valence-electron chi connectivity index (χ0n) is 18.9. The molecule has 0 spiro atoms. The maximum atomic E-state index is 13.1. The highest BCUT2D eigenvalue weighted by molar-refractivity contribution is 6.31. The number of hydrogen-bond acceptors (Lipinski definition) is 6. The van der Waals surface area contributed by atoms with Gasteiger partial charge in [0.05, 0.1) is 18.9 Å². The molecule has 2 saturated heterocycles. The molecule has 0 saturated carbocycles. The van der Waals surface area contributed by atoms with Crippen molar-refractivity contribution in [3.05, 3.63) is 65.8 Å². The molecular weight excluding hydrogens is 452 g/mol. The van der Waals surface area contributed by atoms with E-state index < -0.39 is 17.8 Å². The highest BCUT2D eigenvalue weighted by atomic mass is 16.5. The smallest absolute Gasteiger partial charge is 0.331 e. The van der Waals surface area contributed by atoms with E-state index in [0.717, 1.165) is 35.3 Å². The van der Waals surface area contributed by atoms with Crippen LogP contribution in [0.15, 0.2) is 58.8 Å². The average Bonchev–Trinajstić information content (AvgIpc) is 3.61. The SMILES string of the molecule is O=C(Cn1cc(/C=C2\C(=O)NC(=O)N(Cc3ccco3)C2=O)c2ccccc21)NCC1CCCO1. The van der Waals surface area contributed by atoms with Crippen LogP contribution in [0.1, 0.15) is 24.2 Å². The second-order valence-corrected chi connectivity index (χ2v) is 8.46. The van der Waals surface area contributed by atoms with Crippen LogP contribution in [0.3, 0.4) is 0 Å². The van der Waals surface area contributed by atoms with Gasteiger partial charge in [0.25, 0.3) is 11.8 Å². The monoisotopic (exact) mass is 476 g/mol. The Morgan fingerprint density at radius 1 is 1.17 bits per heavy atom. The summed E-state index contributed by atoms with van der Waals surface area (Å²) in [6, 6.07) is 9.87. The number of para-hydroxylation sites is 1. The van der Waals surface area contributed by atoms with Gasteiger partial charge in [0.15, 0.2) is 0 Å². The Labute approximate surface area is 200 Å². The minimum atomic E-state index is -0.807. The first-order chi connectivity index (χ1) is 17.0. The Morgan fingerprint density at radius 3 is 2.80 bits per heavy atom. The third kappa shape index (κ3) is 4.73. The van der Waals surface area contributed by atoms with Gasteiger partial charge in [-0.1, -0.05) is 18.2 Å². The molecule has 1 atom stereocenters. The highest BCUT2D eigenvalue weighted by Gasteiger charge is 2.36. The van der Waals surface area contributed by atoms with E-state index in [9.17, 15) is 19.2 Å². The van der Waals surface area contributed by atoms with Gasteiger partial charge in [-0.2, -0.15) is 0 Å². The van der Waals surface area contributed by atoms with Crippen molar-refractivity contribution >= 4 is 40.7 Å². The number of aromatic nitrogens is 1. The van der Waals surface area contributed by atoms with Gasteiger partial charge < -0.3 is 19.0 Å². The molecule has 5 amide bonds. The fraction of sp³-hybridized carbons (Fsp3) is 0.280.